The number of hydrogen-bond donors (Lipinski definition) is 4. The zero-order valence-electron chi connectivity index (χ0n) is 13.2. The Morgan fingerprint density at radius 1 is 0.960 bits per heavy atom. The fourth-order valence-electron chi connectivity index (χ4n) is 1.97. The van der Waals surface area contributed by atoms with Crippen LogP contribution in [0.3, 0.4) is 0 Å². The highest BCUT2D eigenvalue weighted by Gasteiger charge is 2.74. The topological polar surface area (TPSA) is 195 Å². The van der Waals surface area contributed by atoms with E-state index in [-0.39, 0.29) is 0 Å². The van der Waals surface area contributed by atoms with Crippen molar-refractivity contribution in [2.45, 2.75) is 50.8 Å². The van der Waals surface area contributed by atoms with Gasteiger partial charge < -0.3 is 29.9 Å². The van der Waals surface area contributed by atoms with E-state index in [1.165, 1.54) is 0 Å². The summed E-state index contributed by atoms with van der Waals surface area (Å²) in [5, 5.41) is 39.5. The van der Waals surface area contributed by atoms with Crippen molar-refractivity contribution < 1.29 is 63.6 Å². The molecule has 0 radical (unpaired) electrons. The largest absolute Gasteiger partial charge is 0.479 e. The molecule has 142 valence electrons. The van der Waals surface area contributed by atoms with Gasteiger partial charge in [0.05, 0.1) is 0 Å². The second kappa shape index (κ2) is 7.28. The molecule has 1 aliphatic heterocycles. The third kappa shape index (κ3) is 4.02. The Morgan fingerprint density at radius 3 is 1.88 bits per heavy atom. The number of aliphatic hydroxyl groups excluding tert-OH is 2. The van der Waals surface area contributed by atoms with Crippen molar-refractivity contribution >= 4 is 23.9 Å². The van der Waals surface area contributed by atoms with Crippen molar-refractivity contribution in [3.05, 3.63) is 0 Å². The van der Waals surface area contributed by atoms with E-state index in [2.05, 4.69) is 24.0 Å². The lowest BCUT2D eigenvalue weighted by Crippen LogP contribution is -2.76. The summed E-state index contributed by atoms with van der Waals surface area (Å²) in [6.45, 7) is 2.33. The van der Waals surface area contributed by atoms with Gasteiger partial charge in [-0.15, -0.1) is 4.89 Å². The molecule has 1 aliphatic rings. The van der Waals surface area contributed by atoms with Gasteiger partial charge in [0.1, 0.15) is 6.10 Å². The highest BCUT2D eigenvalue weighted by atomic mass is 17.2. The zero-order valence-corrected chi connectivity index (χ0v) is 13.2. The van der Waals surface area contributed by atoms with E-state index in [0.717, 1.165) is 20.8 Å². The number of carbonyl (C=O) groups excluding carboxylic acids is 3. The summed E-state index contributed by atoms with van der Waals surface area (Å²) in [7, 11) is 0. The quantitative estimate of drug-likeness (QED) is 0.168. The molecular weight excluding hydrogens is 352 g/mol. The standard InChI is InChI=1S/C12H16O13/c1-4(13)21-11(25-24-6(3)15)9(17)7(16)8(10(18)19)23-12(11,20)22-5(2)14/h7-9,16-17,20H,1-3H3,(H,18,19)/t7-,8+,9+,11-,12?/m1/s1. The Kier molecular flexibility index (Phi) is 6.04. The number of esters is 2. The molecule has 0 bridgehead atoms. The summed E-state index contributed by atoms with van der Waals surface area (Å²) in [5.41, 5.74) is 0. The first-order valence-corrected chi connectivity index (χ1v) is 6.61. The number of hydrogen-bond acceptors (Lipinski definition) is 12. The van der Waals surface area contributed by atoms with Crippen molar-refractivity contribution in [1.29, 1.82) is 0 Å². The van der Waals surface area contributed by atoms with E-state index in [0.29, 0.717) is 0 Å². The first-order chi connectivity index (χ1) is 11.4. The van der Waals surface area contributed by atoms with Crippen LogP contribution in [-0.2, 0) is 43.2 Å². The summed E-state index contributed by atoms with van der Waals surface area (Å²) in [6.07, 6.45) is -7.28. The minimum Gasteiger partial charge on any atom is -0.479 e. The molecule has 0 aromatic carbocycles. The number of carbonyl (C=O) groups is 4. The molecule has 0 aromatic rings. The number of aliphatic hydroxyl groups is 3. The van der Waals surface area contributed by atoms with Gasteiger partial charge in [-0.2, -0.15) is 0 Å². The van der Waals surface area contributed by atoms with Crippen molar-refractivity contribution in [3.63, 3.8) is 0 Å². The molecule has 0 saturated carbocycles. The third-order valence-electron chi connectivity index (χ3n) is 2.85. The van der Waals surface area contributed by atoms with Gasteiger partial charge in [-0.3, -0.25) is 19.2 Å². The smallest absolute Gasteiger partial charge is 0.404 e. The second-order valence-corrected chi connectivity index (χ2v) is 4.91. The average Bonchev–Trinajstić information content (AvgIpc) is 2.44. The number of rotatable bonds is 5. The SMILES string of the molecule is CC(=O)OO[C@]1(OC(C)=O)[C@@H](O)[C@H](O)[C@@H](C(=O)O)OC1(O)OC(C)=O. The molecule has 1 fully saturated rings. The van der Waals surface area contributed by atoms with Crippen LogP contribution >= 0.6 is 0 Å². The normalized spacial score (nSPS) is 34.7. The highest BCUT2D eigenvalue weighted by Crippen LogP contribution is 2.42. The van der Waals surface area contributed by atoms with Crippen LogP contribution in [0.1, 0.15) is 20.8 Å². The molecule has 1 saturated heterocycles. The van der Waals surface area contributed by atoms with Gasteiger partial charge >= 0.3 is 35.6 Å². The Labute approximate surface area is 139 Å². The van der Waals surface area contributed by atoms with E-state index >= 15 is 0 Å². The summed E-state index contributed by atoms with van der Waals surface area (Å²) in [5.74, 6) is -12.6. The Morgan fingerprint density at radius 2 is 1.48 bits per heavy atom. The number of ether oxygens (including phenoxy) is 3. The first-order valence-electron chi connectivity index (χ1n) is 6.61. The minimum atomic E-state index is -3.60. The van der Waals surface area contributed by atoms with E-state index in [4.69, 9.17) is 5.11 Å². The predicted octanol–water partition coefficient (Wildman–Crippen LogP) is -2.85. The average molecular weight is 368 g/mol. The van der Waals surface area contributed by atoms with Crippen LogP contribution in [0, 0.1) is 0 Å². The van der Waals surface area contributed by atoms with Gasteiger partial charge in [0.2, 0.25) is 0 Å². The highest BCUT2D eigenvalue weighted by molar-refractivity contribution is 5.74. The van der Waals surface area contributed by atoms with Gasteiger partial charge in [0.15, 0.2) is 12.2 Å². The first kappa shape index (κ1) is 20.7. The van der Waals surface area contributed by atoms with Crippen molar-refractivity contribution in [2.75, 3.05) is 0 Å². The van der Waals surface area contributed by atoms with E-state index in [9.17, 15) is 34.5 Å². The molecule has 0 amide bonds. The van der Waals surface area contributed by atoms with E-state index < -0.39 is 53.9 Å². The number of carboxylic acid groups (broad SMARTS) is 1. The van der Waals surface area contributed by atoms with Gasteiger partial charge in [0.25, 0.3) is 0 Å². The van der Waals surface area contributed by atoms with Crippen LogP contribution in [0.4, 0.5) is 0 Å². The van der Waals surface area contributed by atoms with Crippen molar-refractivity contribution in [3.8, 4) is 0 Å². The Bertz CT molecular complexity index is 573. The van der Waals surface area contributed by atoms with Crippen molar-refractivity contribution in [1.82, 2.24) is 0 Å². The molecule has 1 rings (SSSR count). The van der Waals surface area contributed by atoms with Crippen LogP contribution in [-0.4, -0.2) is 74.4 Å². The Hall–Kier alpha value is -2.32. The van der Waals surface area contributed by atoms with E-state index in [1.54, 1.807) is 0 Å². The fourth-order valence-corrected chi connectivity index (χ4v) is 1.97. The maximum Gasteiger partial charge on any atom is 0.404 e. The molecular formula is C12H16O13. The molecule has 0 spiro atoms. The van der Waals surface area contributed by atoms with Crippen LogP contribution in [0.25, 0.3) is 0 Å². The molecule has 13 nitrogen and oxygen atoms in total. The molecule has 1 unspecified atom stereocenters. The van der Waals surface area contributed by atoms with Crippen molar-refractivity contribution in [2.24, 2.45) is 0 Å². The van der Waals surface area contributed by atoms with Crippen LogP contribution in [0.15, 0.2) is 0 Å². The molecule has 1 heterocycles. The number of carboxylic acids is 1. The van der Waals surface area contributed by atoms with Gasteiger partial charge in [-0.1, -0.05) is 0 Å². The van der Waals surface area contributed by atoms with E-state index in [1.807, 2.05) is 0 Å². The van der Waals surface area contributed by atoms with Gasteiger partial charge in [-0.05, 0) is 0 Å². The summed E-state index contributed by atoms with van der Waals surface area (Å²) in [6, 6.07) is 0. The van der Waals surface area contributed by atoms with Gasteiger partial charge in [-0.25, -0.2) is 9.59 Å². The molecule has 0 aliphatic carbocycles. The molecule has 25 heavy (non-hydrogen) atoms. The minimum absolute atomic E-state index is 0.749. The van der Waals surface area contributed by atoms with Crippen LogP contribution in [0.2, 0.25) is 0 Å². The molecule has 4 N–H and O–H groups in total. The lowest BCUT2D eigenvalue weighted by atomic mass is 9.93. The molecule has 5 atom stereocenters. The fraction of sp³-hybridized carbons (Fsp3) is 0.667. The summed E-state index contributed by atoms with van der Waals surface area (Å²) < 4.78 is 13.5. The Balaban J connectivity index is 3.51. The maximum atomic E-state index is 11.3. The summed E-state index contributed by atoms with van der Waals surface area (Å²) in [4.78, 5) is 53.2. The second-order valence-electron chi connectivity index (χ2n) is 4.91. The maximum absolute atomic E-state index is 11.3. The summed E-state index contributed by atoms with van der Waals surface area (Å²) >= 11 is 0. The zero-order chi connectivity index (χ0) is 19.6. The predicted molar refractivity (Wildman–Crippen MR) is 68.6 cm³/mol. The third-order valence-corrected chi connectivity index (χ3v) is 2.85. The number of aliphatic carboxylic acids is 1. The molecule has 13 heteroatoms. The van der Waals surface area contributed by atoms with Gasteiger partial charge in [0, 0.05) is 20.8 Å². The monoisotopic (exact) mass is 368 g/mol. The van der Waals surface area contributed by atoms with Crippen LogP contribution in [0.5, 0.6) is 0 Å². The lowest BCUT2D eigenvalue weighted by Gasteiger charge is -2.49. The van der Waals surface area contributed by atoms with Crippen LogP contribution < -0.4 is 0 Å². The molecule has 0 aromatic heterocycles. The lowest BCUT2D eigenvalue weighted by molar-refractivity contribution is -0.559.